The van der Waals surface area contributed by atoms with Gasteiger partial charge in [-0.2, -0.15) is 0 Å². The smallest absolute Gasteiger partial charge is 0.191 e. The van der Waals surface area contributed by atoms with Gasteiger partial charge < -0.3 is 15.5 Å². The van der Waals surface area contributed by atoms with Crippen LogP contribution in [0.2, 0.25) is 0 Å². The van der Waals surface area contributed by atoms with Gasteiger partial charge in [0.05, 0.1) is 6.54 Å². The van der Waals surface area contributed by atoms with Crippen molar-refractivity contribution in [3.05, 3.63) is 54.2 Å². The van der Waals surface area contributed by atoms with Gasteiger partial charge in [-0.25, -0.2) is 19.9 Å². The normalized spacial score (nSPS) is 14.9. The molecule has 2 N–H and O–H groups in total. The molecule has 3 aromatic rings. The van der Waals surface area contributed by atoms with Gasteiger partial charge >= 0.3 is 0 Å². The lowest BCUT2D eigenvalue weighted by Crippen LogP contribution is -2.51. The lowest BCUT2D eigenvalue weighted by atomic mass is 10.2. The highest BCUT2D eigenvalue weighted by atomic mass is 127. The van der Waals surface area contributed by atoms with E-state index in [9.17, 15) is 0 Å². The van der Waals surface area contributed by atoms with Crippen LogP contribution in [0.4, 0.5) is 5.13 Å². The molecule has 10 heteroatoms. The summed E-state index contributed by atoms with van der Waals surface area (Å²) in [6.45, 7) is 4.05. The summed E-state index contributed by atoms with van der Waals surface area (Å²) in [5.74, 6) is 1.41. The number of aromatic nitrogens is 4. The summed E-state index contributed by atoms with van der Waals surface area (Å²) < 4.78 is 1.87. The number of aliphatic imine (C=N–C) groups is 1. The maximum absolute atomic E-state index is 6.21. The Labute approximate surface area is 178 Å². The average molecular weight is 496 g/mol. The highest BCUT2D eigenvalue weighted by Gasteiger charge is 2.19. The molecule has 1 aliphatic heterocycles. The van der Waals surface area contributed by atoms with Crippen LogP contribution >= 0.6 is 35.3 Å². The number of piperazine rings is 1. The summed E-state index contributed by atoms with van der Waals surface area (Å²) in [6.07, 6.45) is 8.95. The predicted molar refractivity (Wildman–Crippen MR) is 118 cm³/mol. The number of hydrogen-bond acceptors (Lipinski definition) is 6. The lowest BCUT2D eigenvalue weighted by molar-refractivity contribution is 0.380. The molecule has 0 bridgehead atoms. The highest BCUT2D eigenvalue weighted by molar-refractivity contribution is 14.0. The molecule has 0 radical (unpaired) electrons. The van der Waals surface area contributed by atoms with E-state index in [2.05, 4.69) is 29.7 Å². The number of imidazole rings is 1. The average Bonchev–Trinajstić information content (AvgIpc) is 3.40. The van der Waals surface area contributed by atoms with Crippen LogP contribution in [0.15, 0.2) is 53.6 Å². The number of nitrogens with two attached hydrogens (primary N) is 1. The van der Waals surface area contributed by atoms with Gasteiger partial charge in [-0.05, 0) is 17.7 Å². The van der Waals surface area contributed by atoms with Crippen LogP contribution in [0.1, 0.15) is 5.56 Å². The fourth-order valence-corrected chi connectivity index (χ4v) is 3.56. The molecular weight excluding hydrogens is 475 g/mol. The van der Waals surface area contributed by atoms with E-state index in [1.807, 2.05) is 34.5 Å². The molecule has 0 atom stereocenters. The zero-order valence-corrected chi connectivity index (χ0v) is 17.8. The second-order valence-corrected chi connectivity index (χ2v) is 6.83. The van der Waals surface area contributed by atoms with E-state index in [0.717, 1.165) is 42.7 Å². The van der Waals surface area contributed by atoms with Crippen molar-refractivity contribution in [1.82, 2.24) is 24.4 Å². The fourth-order valence-electron chi connectivity index (χ4n) is 2.87. The summed E-state index contributed by atoms with van der Waals surface area (Å²) in [6, 6.07) is 3.95. The third kappa shape index (κ3) is 4.75. The van der Waals surface area contributed by atoms with E-state index in [0.29, 0.717) is 12.5 Å². The summed E-state index contributed by atoms with van der Waals surface area (Å²) in [5, 5.41) is 3.08. The second-order valence-electron chi connectivity index (χ2n) is 5.96. The van der Waals surface area contributed by atoms with Crippen LogP contribution in [0.3, 0.4) is 0 Å². The number of anilines is 1. The molecule has 4 heterocycles. The number of thiazole rings is 1. The van der Waals surface area contributed by atoms with Crippen LogP contribution in [0.5, 0.6) is 0 Å². The SMILES string of the molecule is I.NC(=NCc1ccnc(-n2ccnc2)c1)N1CCN(c2nccs2)CC1. The molecule has 3 aromatic heterocycles. The molecule has 8 nitrogen and oxygen atoms in total. The minimum absolute atomic E-state index is 0. The lowest BCUT2D eigenvalue weighted by Gasteiger charge is -2.35. The molecule has 0 aromatic carbocycles. The molecule has 0 aliphatic carbocycles. The first kappa shape index (κ1) is 19.5. The molecule has 0 saturated carbocycles. The van der Waals surface area contributed by atoms with Crippen LogP contribution in [0, 0.1) is 0 Å². The summed E-state index contributed by atoms with van der Waals surface area (Å²) in [4.78, 5) is 21.7. The Morgan fingerprint density at radius 1 is 1.15 bits per heavy atom. The quantitative estimate of drug-likeness (QED) is 0.338. The zero-order chi connectivity index (χ0) is 17.8. The number of rotatable bonds is 4. The van der Waals surface area contributed by atoms with Crippen molar-refractivity contribution in [3.63, 3.8) is 0 Å². The standard InChI is InChI=1S/C17H20N8S.HI/c18-16(23-6-8-24(9-7-23)17-21-4-10-26-17)22-12-14-1-2-20-15(11-14)25-5-3-19-13-25;/h1-5,10-11,13H,6-9,12H2,(H2,18,22);1H. The number of guanidine groups is 1. The largest absolute Gasteiger partial charge is 0.370 e. The monoisotopic (exact) mass is 496 g/mol. The minimum Gasteiger partial charge on any atom is -0.370 e. The van der Waals surface area contributed by atoms with Crippen molar-refractivity contribution in [3.8, 4) is 5.82 Å². The molecule has 27 heavy (non-hydrogen) atoms. The number of pyridine rings is 1. The fraction of sp³-hybridized carbons (Fsp3) is 0.294. The number of nitrogens with zero attached hydrogens (tertiary/aromatic N) is 7. The maximum atomic E-state index is 6.21. The van der Waals surface area contributed by atoms with E-state index < -0.39 is 0 Å². The Morgan fingerprint density at radius 3 is 2.70 bits per heavy atom. The first-order valence-corrected chi connectivity index (χ1v) is 9.30. The summed E-state index contributed by atoms with van der Waals surface area (Å²) >= 11 is 1.67. The Kier molecular flexibility index (Phi) is 6.61. The molecule has 142 valence electrons. The Hall–Kier alpha value is -2.21. The van der Waals surface area contributed by atoms with Crippen LogP contribution in [-0.2, 0) is 6.54 Å². The van der Waals surface area contributed by atoms with Crippen molar-refractivity contribution in [1.29, 1.82) is 0 Å². The minimum atomic E-state index is 0. The van der Waals surface area contributed by atoms with Crippen molar-refractivity contribution in [2.45, 2.75) is 6.54 Å². The van der Waals surface area contributed by atoms with Crippen molar-refractivity contribution < 1.29 is 0 Å². The summed E-state index contributed by atoms with van der Waals surface area (Å²) in [7, 11) is 0. The van der Waals surface area contributed by atoms with Crippen LogP contribution in [-0.4, -0.2) is 56.6 Å². The van der Waals surface area contributed by atoms with Crippen LogP contribution in [0.25, 0.3) is 5.82 Å². The zero-order valence-electron chi connectivity index (χ0n) is 14.7. The van der Waals surface area contributed by atoms with Gasteiger partial charge in [-0.3, -0.25) is 4.57 Å². The van der Waals surface area contributed by atoms with Crippen molar-refractivity contribution in [2.24, 2.45) is 10.7 Å². The van der Waals surface area contributed by atoms with E-state index >= 15 is 0 Å². The Morgan fingerprint density at radius 2 is 2.00 bits per heavy atom. The van der Waals surface area contributed by atoms with E-state index in [1.165, 1.54) is 0 Å². The highest BCUT2D eigenvalue weighted by Crippen LogP contribution is 2.18. The molecule has 1 saturated heterocycles. The summed E-state index contributed by atoms with van der Waals surface area (Å²) in [5.41, 5.74) is 7.27. The van der Waals surface area contributed by atoms with E-state index in [-0.39, 0.29) is 24.0 Å². The third-order valence-electron chi connectivity index (χ3n) is 4.30. The molecule has 1 fully saturated rings. The first-order chi connectivity index (χ1) is 12.8. The maximum Gasteiger partial charge on any atom is 0.191 e. The molecule has 0 spiro atoms. The molecule has 0 unspecified atom stereocenters. The van der Waals surface area contributed by atoms with Gasteiger partial charge in [0.1, 0.15) is 12.1 Å². The van der Waals surface area contributed by atoms with Gasteiger partial charge in [-0.15, -0.1) is 35.3 Å². The van der Waals surface area contributed by atoms with Gasteiger partial charge in [0.15, 0.2) is 11.1 Å². The molecule has 4 rings (SSSR count). The number of halogens is 1. The van der Waals surface area contributed by atoms with Gasteiger partial charge in [0.25, 0.3) is 0 Å². The Balaban J connectivity index is 0.00000210. The van der Waals surface area contributed by atoms with Gasteiger partial charge in [0.2, 0.25) is 0 Å². The predicted octanol–water partition coefficient (Wildman–Crippen LogP) is 1.98. The Bertz CT molecular complexity index is 857. The molecular formula is C17H21IN8S. The van der Waals surface area contributed by atoms with Crippen molar-refractivity contribution in [2.75, 3.05) is 31.1 Å². The first-order valence-electron chi connectivity index (χ1n) is 8.42. The number of hydrogen-bond donors (Lipinski definition) is 1. The second kappa shape index (κ2) is 9.13. The van der Waals surface area contributed by atoms with Gasteiger partial charge in [0, 0.05) is 56.3 Å². The molecule has 0 amide bonds. The van der Waals surface area contributed by atoms with Gasteiger partial charge in [-0.1, -0.05) is 0 Å². The van der Waals surface area contributed by atoms with E-state index in [4.69, 9.17) is 5.73 Å². The topological polar surface area (TPSA) is 88.5 Å². The van der Waals surface area contributed by atoms with E-state index in [1.54, 1.807) is 30.1 Å². The third-order valence-corrected chi connectivity index (χ3v) is 5.13. The van der Waals surface area contributed by atoms with Crippen molar-refractivity contribution >= 4 is 46.4 Å². The molecule has 1 aliphatic rings. The van der Waals surface area contributed by atoms with Crippen LogP contribution < -0.4 is 10.6 Å².